The predicted molar refractivity (Wildman–Crippen MR) is 171 cm³/mol. The summed E-state index contributed by atoms with van der Waals surface area (Å²) in [5.41, 5.74) is 3.85. The molecule has 4 aromatic carbocycles. The van der Waals surface area contributed by atoms with Gasteiger partial charge in [0.25, 0.3) is 10.0 Å². The fourth-order valence-electron chi connectivity index (χ4n) is 5.02. The average molecular weight is 598 g/mol. The van der Waals surface area contributed by atoms with Gasteiger partial charge in [0.05, 0.1) is 10.6 Å². The van der Waals surface area contributed by atoms with Crippen LogP contribution < -0.4 is 9.62 Å². The van der Waals surface area contributed by atoms with Crippen molar-refractivity contribution in [2.45, 2.75) is 51.1 Å². The number of hydrogen-bond acceptors (Lipinski definition) is 4. The molecule has 2 amide bonds. The number of nitrogens with zero attached hydrogens (tertiary/aromatic N) is 2. The van der Waals surface area contributed by atoms with Gasteiger partial charge in [-0.25, -0.2) is 8.42 Å². The Morgan fingerprint density at radius 1 is 0.791 bits per heavy atom. The van der Waals surface area contributed by atoms with Gasteiger partial charge < -0.3 is 10.2 Å². The fraction of sp³-hybridized carbons (Fsp3) is 0.257. The van der Waals surface area contributed by atoms with Crippen LogP contribution in [0.1, 0.15) is 35.6 Å². The molecule has 0 saturated heterocycles. The topological polar surface area (TPSA) is 86.8 Å². The van der Waals surface area contributed by atoms with E-state index in [2.05, 4.69) is 5.32 Å². The number of rotatable bonds is 13. The van der Waals surface area contributed by atoms with Crippen LogP contribution in [0.3, 0.4) is 0 Å². The molecular weight excluding hydrogens is 558 g/mol. The number of aryl methyl sites for hydroxylation is 2. The Morgan fingerprint density at radius 2 is 1.37 bits per heavy atom. The van der Waals surface area contributed by atoms with Crippen molar-refractivity contribution < 1.29 is 18.0 Å². The second-order valence-corrected chi connectivity index (χ2v) is 12.5. The van der Waals surface area contributed by atoms with Gasteiger partial charge in [0.1, 0.15) is 12.6 Å². The molecule has 0 fully saturated rings. The van der Waals surface area contributed by atoms with E-state index in [0.717, 1.165) is 28.7 Å². The Morgan fingerprint density at radius 3 is 1.95 bits per heavy atom. The van der Waals surface area contributed by atoms with Gasteiger partial charge in [0, 0.05) is 19.5 Å². The average Bonchev–Trinajstić information content (AvgIpc) is 3.02. The number of anilines is 1. The molecule has 43 heavy (non-hydrogen) atoms. The first-order chi connectivity index (χ1) is 20.7. The third-order valence-corrected chi connectivity index (χ3v) is 9.02. The maximum Gasteiger partial charge on any atom is 0.264 e. The molecule has 0 aliphatic rings. The van der Waals surface area contributed by atoms with Gasteiger partial charge in [0.15, 0.2) is 0 Å². The molecule has 0 heterocycles. The molecule has 0 unspecified atom stereocenters. The maximum atomic E-state index is 14.4. The van der Waals surface area contributed by atoms with Crippen LogP contribution in [0.25, 0.3) is 0 Å². The Kier molecular flexibility index (Phi) is 10.7. The minimum absolute atomic E-state index is 0.0823. The summed E-state index contributed by atoms with van der Waals surface area (Å²) >= 11 is 0. The summed E-state index contributed by atoms with van der Waals surface area (Å²) in [4.78, 5) is 29.7. The molecule has 1 N–H and O–H groups in total. The van der Waals surface area contributed by atoms with E-state index in [9.17, 15) is 18.0 Å². The summed E-state index contributed by atoms with van der Waals surface area (Å²) in [5.74, 6) is -0.755. The number of benzene rings is 4. The van der Waals surface area contributed by atoms with Crippen LogP contribution in [-0.2, 0) is 32.6 Å². The second-order valence-electron chi connectivity index (χ2n) is 10.6. The summed E-state index contributed by atoms with van der Waals surface area (Å²) < 4.78 is 29.4. The van der Waals surface area contributed by atoms with E-state index < -0.39 is 28.5 Å². The van der Waals surface area contributed by atoms with E-state index in [-0.39, 0.29) is 23.8 Å². The maximum absolute atomic E-state index is 14.4. The number of hydrogen-bond donors (Lipinski definition) is 1. The highest BCUT2D eigenvalue weighted by molar-refractivity contribution is 7.92. The van der Waals surface area contributed by atoms with Crippen molar-refractivity contribution in [2.75, 3.05) is 17.4 Å². The van der Waals surface area contributed by atoms with Gasteiger partial charge in [-0.2, -0.15) is 0 Å². The van der Waals surface area contributed by atoms with Gasteiger partial charge in [0.2, 0.25) is 11.8 Å². The van der Waals surface area contributed by atoms with E-state index in [0.29, 0.717) is 12.2 Å². The van der Waals surface area contributed by atoms with Crippen molar-refractivity contribution >= 4 is 27.5 Å². The molecular formula is C35H39N3O4S. The zero-order valence-electron chi connectivity index (χ0n) is 24.9. The second kappa shape index (κ2) is 14.6. The van der Waals surface area contributed by atoms with Gasteiger partial charge in [-0.1, -0.05) is 103 Å². The fourth-order valence-corrected chi connectivity index (χ4v) is 6.52. The first kappa shape index (κ1) is 31.5. The lowest BCUT2D eigenvalue weighted by Gasteiger charge is -2.34. The van der Waals surface area contributed by atoms with Crippen molar-refractivity contribution in [3.8, 4) is 0 Å². The van der Waals surface area contributed by atoms with Gasteiger partial charge in [-0.3, -0.25) is 13.9 Å². The Balaban J connectivity index is 1.80. The van der Waals surface area contributed by atoms with Crippen molar-refractivity contribution in [3.63, 3.8) is 0 Å². The number of carbonyl (C=O) groups is 2. The van der Waals surface area contributed by atoms with Crippen LogP contribution >= 0.6 is 0 Å². The van der Waals surface area contributed by atoms with Crippen LogP contribution in [0, 0.1) is 13.8 Å². The standard InChI is InChI=1S/C35H39N3O4S/c1-4-22-36-35(40)33(24-29-14-8-5-9-15-29)37(25-30-16-10-6-11-17-30)34(39)26-38(32-21-20-27(2)23-28(32)3)43(41,42)31-18-12-7-13-19-31/h5-21,23,33H,4,22,24-26H2,1-3H3,(H,36,40)/t33-/m0/s1. The van der Waals surface area contributed by atoms with Crippen molar-refractivity contribution in [3.05, 3.63) is 131 Å². The molecule has 0 bridgehead atoms. The molecule has 1 atom stereocenters. The first-order valence-corrected chi connectivity index (χ1v) is 15.9. The SMILES string of the molecule is CCCNC(=O)[C@H](Cc1ccccc1)N(Cc1ccccc1)C(=O)CN(c1ccc(C)cc1C)S(=O)(=O)c1ccccc1. The van der Waals surface area contributed by atoms with E-state index in [1.54, 1.807) is 24.3 Å². The number of carbonyl (C=O) groups excluding carboxylic acids is 2. The van der Waals surface area contributed by atoms with Crippen molar-refractivity contribution in [2.24, 2.45) is 0 Å². The highest BCUT2D eigenvalue weighted by Gasteiger charge is 2.35. The monoisotopic (exact) mass is 597 g/mol. The minimum Gasteiger partial charge on any atom is -0.354 e. The van der Waals surface area contributed by atoms with E-state index in [4.69, 9.17) is 0 Å². The van der Waals surface area contributed by atoms with Gasteiger partial charge in [-0.05, 0) is 55.2 Å². The van der Waals surface area contributed by atoms with Crippen LogP contribution in [-0.4, -0.2) is 44.3 Å². The molecule has 0 spiro atoms. The molecule has 0 aliphatic heterocycles. The zero-order valence-corrected chi connectivity index (χ0v) is 25.8. The molecule has 224 valence electrons. The van der Waals surface area contributed by atoms with Crippen LogP contribution in [0.15, 0.2) is 114 Å². The molecule has 4 aromatic rings. The van der Waals surface area contributed by atoms with Crippen LogP contribution in [0.5, 0.6) is 0 Å². The van der Waals surface area contributed by atoms with Gasteiger partial charge >= 0.3 is 0 Å². The summed E-state index contributed by atoms with van der Waals surface area (Å²) in [5, 5.41) is 2.97. The van der Waals surface area contributed by atoms with Gasteiger partial charge in [-0.15, -0.1) is 0 Å². The Hall–Kier alpha value is -4.43. The number of amides is 2. The lowest BCUT2D eigenvalue weighted by molar-refractivity contribution is -0.140. The number of sulfonamides is 1. The summed E-state index contributed by atoms with van der Waals surface area (Å²) in [6, 6.07) is 31.7. The smallest absolute Gasteiger partial charge is 0.264 e. The third kappa shape index (κ3) is 8.11. The lowest BCUT2D eigenvalue weighted by atomic mass is 10.0. The Bertz CT molecular complexity index is 1610. The molecule has 4 rings (SSSR count). The van der Waals surface area contributed by atoms with E-state index >= 15 is 0 Å². The molecule has 0 radical (unpaired) electrons. The summed E-state index contributed by atoms with van der Waals surface area (Å²) in [7, 11) is -4.12. The Labute approximate surface area is 255 Å². The molecule has 8 heteroatoms. The largest absolute Gasteiger partial charge is 0.354 e. The summed E-state index contributed by atoms with van der Waals surface area (Å²) in [6.45, 7) is 5.87. The highest BCUT2D eigenvalue weighted by Crippen LogP contribution is 2.28. The molecule has 7 nitrogen and oxygen atoms in total. The van der Waals surface area contributed by atoms with Crippen LogP contribution in [0.4, 0.5) is 5.69 Å². The number of nitrogens with one attached hydrogen (secondary N) is 1. The minimum atomic E-state index is -4.12. The first-order valence-electron chi connectivity index (χ1n) is 14.5. The normalized spacial score (nSPS) is 11.9. The zero-order chi connectivity index (χ0) is 30.8. The van der Waals surface area contributed by atoms with E-state index in [1.165, 1.54) is 21.3 Å². The van der Waals surface area contributed by atoms with Crippen LogP contribution in [0.2, 0.25) is 0 Å². The lowest BCUT2D eigenvalue weighted by Crippen LogP contribution is -2.53. The highest BCUT2D eigenvalue weighted by atomic mass is 32.2. The van der Waals surface area contributed by atoms with Crippen molar-refractivity contribution in [1.29, 1.82) is 0 Å². The molecule has 0 aliphatic carbocycles. The van der Waals surface area contributed by atoms with Crippen molar-refractivity contribution in [1.82, 2.24) is 10.2 Å². The quantitative estimate of drug-likeness (QED) is 0.215. The summed E-state index contributed by atoms with van der Waals surface area (Å²) in [6.07, 6.45) is 1.02. The predicted octanol–water partition coefficient (Wildman–Crippen LogP) is 5.67. The third-order valence-electron chi connectivity index (χ3n) is 7.25. The molecule has 0 saturated carbocycles. The molecule has 0 aromatic heterocycles. The van der Waals surface area contributed by atoms with E-state index in [1.807, 2.05) is 93.6 Å².